The largest absolute Gasteiger partial charge is 0.377 e. The normalized spacial score (nSPS) is 27.1. The highest BCUT2D eigenvalue weighted by Gasteiger charge is 2.46. The van der Waals surface area contributed by atoms with Crippen molar-refractivity contribution in [1.82, 2.24) is 9.88 Å². The van der Waals surface area contributed by atoms with Gasteiger partial charge in [-0.1, -0.05) is 0 Å². The van der Waals surface area contributed by atoms with E-state index in [1.165, 1.54) is 17.5 Å². The van der Waals surface area contributed by atoms with Gasteiger partial charge in [-0.3, -0.25) is 9.88 Å². The zero-order valence-electron chi connectivity index (χ0n) is 14.6. The highest BCUT2D eigenvalue weighted by molar-refractivity contribution is 7.07. The number of pyridine rings is 1. The fourth-order valence-electron chi connectivity index (χ4n) is 4.22. The minimum Gasteiger partial charge on any atom is -0.377 e. The highest BCUT2D eigenvalue weighted by atomic mass is 32.1. The molecule has 0 N–H and O–H groups in total. The van der Waals surface area contributed by atoms with Gasteiger partial charge in [-0.25, -0.2) is 0 Å². The molecule has 2 atom stereocenters. The maximum Gasteiger partial charge on any atom is 0.0718 e. The van der Waals surface area contributed by atoms with Crippen LogP contribution in [0.15, 0.2) is 41.4 Å². The third kappa shape index (κ3) is 4.11. The van der Waals surface area contributed by atoms with Crippen LogP contribution >= 0.6 is 11.3 Å². The summed E-state index contributed by atoms with van der Waals surface area (Å²) in [6.45, 7) is 5.57. The van der Waals surface area contributed by atoms with Crippen molar-refractivity contribution < 1.29 is 9.47 Å². The molecule has 2 fully saturated rings. The first kappa shape index (κ1) is 17.2. The molecular formula is C20H26N2O2S. The van der Waals surface area contributed by atoms with E-state index in [4.69, 9.17) is 9.47 Å². The molecule has 2 aromatic rings. The molecule has 134 valence electrons. The Balaban J connectivity index is 1.40. The molecule has 2 aliphatic rings. The van der Waals surface area contributed by atoms with Crippen molar-refractivity contribution in [2.75, 3.05) is 26.3 Å². The van der Waals surface area contributed by atoms with E-state index in [0.717, 1.165) is 45.7 Å². The fraction of sp³-hybridized carbons (Fsp3) is 0.550. The average Bonchev–Trinajstić information content (AvgIpc) is 3.15. The lowest BCUT2D eigenvalue weighted by molar-refractivity contribution is -0.155. The number of hydrogen-bond acceptors (Lipinski definition) is 5. The Bertz CT molecular complexity index is 649. The highest BCUT2D eigenvalue weighted by Crippen LogP contribution is 2.41. The Hall–Kier alpha value is -1.27. The van der Waals surface area contributed by atoms with E-state index in [1.807, 2.05) is 24.5 Å². The number of rotatable bonds is 6. The molecule has 25 heavy (non-hydrogen) atoms. The molecule has 4 heterocycles. The zero-order valence-corrected chi connectivity index (χ0v) is 15.4. The summed E-state index contributed by atoms with van der Waals surface area (Å²) in [5, 5.41) is 4.43. The number of likely N-dealkylation sites (tertiary alicyclic amines) is 1. The van der Waals surface area contributed by atoms with Crippen LogP contribution in [0.25, 0.3) is 0 Å². The smallest absolute Gasteiger partial charge is 0.0718 e. The summed E-state index contributed by atoms with van der Waals surface area (Å²) in [7, 11) is 0. The lowest BCUT2D eigenvalue weighted by atomic mass is 9.73. The molecule has 0 amide bonds. The van der Waals surface area contributed by atoms with Crippen LogP contribution in [0.5, 0.6) is 0 Å². The van der Waals surface area contributed by atoms with Crippen LogP contribution in [0.3, 0.4) is 0 Å². The van der Waals surface area contributed by atoms with Gasteiger partial charge in [-0.05, 0) is 59.3 Å². The second-order valence-corrected chi connectivity index (χ2v) is 8.08. The molecule has 0 bridgehead atoms. The molecule has 0 spiro atoms. The first-order chi connectivity index (χ1) is 12.3. The van der Waals surface area contributed by atoms with Gasteiger partial charge in [0.05, 0.1) is 19.3 Å². The number of fused-ring (bicyclic) bond motifs is 1. The monoisotopic (exact) mass is 358 g/mol. The molecule has 2 aromatic heterocycles. The van der Waals surface area contributed by atoms with E-state index in [-0.39, 0.29) is 5.41 Å². The lowest BCUT2D eigenvalue weighted by Crippen LogP contribution is -2.56. The minimum atomic E-state index is 0.138. The predicted molar refractivity (Wildman–Crippen MR) is 99.5 cm³/mol. The first-order valence-corrected chi connectivity index (χ1v) is 10.1. The molecule has 5 heteroatoms. The van der Waals surface area contributed by atoms with Crippen molar-refractivity contribution >= 4 is 11.3 Å². The van der Waals surface area contributed by atoms with Crippen molar-refractivity contribution in [1.29, 1.82) is 0 Å². The number of nitrogens with zero attached hydrogens (tertiary/aromatic N) is 2. The number of aromatic nitrogens is 1. The molecule has 4 nitrogen and oxygen atoms in total. The van der Waals surface area contributed by atoms with Crippen LogP contribution in [0.4, 0.5) is 0 Å². The molecule has 0 saturated carbocycles. The molecule has 2 aliphatic heterocycles. The summed E-state index contributed by atoms with van der Waals surface area (Å²) < 4.78 is 12.3. The Labute approximate surface area is 153 Å². The van der Waals surface area contributed by atoms with Gasteiger partial charge in [0.1, 0.15) is 0 Å². The SMILES string of the molecule is c1cc(COC[C@]23CCCO[C@@H]2CCN(Cc2ccsc2)C3)ccn1. The standard InChI is InChI=1S/C20H26N2O2S/c1-6-20(16-23-13-17-2-7-21-8-3-17)15-22(9-4-19(20)24-10-1)12-18-5-11-25-14-18/h2-3,5,7-8,11,14,19H,1,4,6,9-10,12-13,15-16H2/t19-,20-/m1/s1. The van der Waals surface area contributed by atoms with Crippen LogP contribution in [0.1, 0.15) is 30.4 Å². The second-order valence-electron chi connectivity index (χ2n) is 7.30. The Morgan fingerprint density at radius 3 is 3.04 bits per heavy atom. The lowest BCUT2D eigenvalue weighted by Gasteiger charge is -2.50. The zero-order chi connectivity index (χ0) is 17.0. The van der Waals surface area contributed by atoms with Crippen LogP contribution in [0.2, 0.25) is 0 Å². The summed E-state index contributed by atoms with van der Waals surface area (Å²) >= 11 is 1.78. The number of ether oxygens (including phenoxy) is 2. The summed E-state index contributed by atoms with van der Waals surface area (Å²) in [5.74, 6) is 0. The predicted octanol–water partition coefficient (Wildman–Crippen LogP) is 3.73. The van der Waals surface area contributed by atoms with Crippen molar-refractivity contribution in [2.24, 2.45) is 5.41 Å². The second kappa shape index (κ2) is 7.96. The van der Waals surface area contributed by atoms with Gasteiger partial charge in [0.15, 0.2) is 0 Å². The van der Waals surface area contributed by atoms with Crippen LogP contribution in [0, 0.1) is 5.41 Å². The average molecular weight is 359 g/mol. The third-order valence-electron chi connectivity index (χ3n) is 5.46. The van der Waals surface area contributed by atoms with E-state index >= 15 is 0 Å². The van der Waals surface area contributed by atoms with Crippen LogP contribution < -0.4 is 0 Å². The minimum absolute atomic E-state index is 0.138. The molecule has 2 saturated heterocycles. The number of thiophene rings is 1. The van der Waals surface area contributed by atoms with E-state index in [0.29, 0.717) is 12.7 Å². The molecule has 0 aromatic carbocycles. The first-order valence-electron chi connectivity index (χ1n) is 9.16. The number of hydrogen-bond donors (Lipinski definition) is 0. The summed E-state index contributed by atoms with van der Waals surface area (Å²) in [6, 6.07) is 6.28. The number of piperidine rings is 1. The van der Waals surface area contributed by atoms with Gasteiger partial charge in [0.25, 0.3) is 0 Å². The maximum absolute atomic E-state index is 6.17. The Morgan fingerprint density at radius 2 is 2.20 bits per heavy atom. The van der Waals surface area contributed by atoms with Crippen molar-refractivity contribution in [3.8, 4) is 0 Å². The van der Waals surface area contributed by atoms with Gasteiger partial charge in [-0.15, -0.1) is 0 Å². The van der Waals surface area contributed by atoms with Crippen molar-refractivity contribution in [3.63, 3.8) is 0 Å². The fourth-order valence-corrected chi connectivity index (χ4v) is 4.88. The van der Waals surface area contributed by atoms with Gasteiger partial charge < -0.3 is 9.47 Å². The molecule has 0 radical (unpaired) electrons. The maximum atomic E-state index is 6.17. The van der Waals surface area contributed by atoms with E-state index in [1.54, 1.807) is 11.3 Å². The van der Waals surface area contributed by atoms with Gasteiger partial charge in [0, 0.05) is 44.0 Å². The van der Waals surface area contributed by atoms with Crippen molar-refractivity contribution in [2.45, 2.75) is 38.5 Å². The van der Waals surface area contributed by atoms with Crippen LogP contribution in [-0.2, 0) is 22.6 Å². The van der Waals surface area contributed by atoms with Crippen LogP contribution in [-0.4, -0.2) is 42.3 Å². The Morgan fingerprint density at radius 1 is 1.28 bits per heavy atom. The van der Waals surface area contributed by atoms with Gasteiger partial charge in [0.2, 0.25) is 0 Å². The van der Waals surface area contributed by atoms with E-state index in [2.05, 4.69) is 26.7 Å². The van der Waals surface area contributed by atoms with Gasteiger partial charge in [-0.2, -0.15) is 11.3 Å². The summed E-state index contributed by atoms with van der Waals surface area (Å²) in [4.78, 5) is 6.66. The van der Waals surface area contributed by atoms with E-state index in [9.17, 15) is 0 Å². The molecule has 0 unspecified atom stereocenters. The molecular weight excluding hydrogens is 332 g/mol. The molecule has 4 rings (SSSR count). The molecule has 0 aliphatic carbocycles. The van der Waals surface area contributed by atoms with Crippen molar-refractivity contribution in [3.05, 3.63) is 52.5 Å². The summed E-state index contributed by atoms with van der Waals surface area (Å²) in [5.41, 5.74) is 2.75. The Kier molecular flexibility index (Phi) is 5.46. The van der Waals surface area contributed by atoms with Gasteiger partial charge >= 0.3 is 0 Å². The topological polar surface area (TPSA) is 34.6 Å². The third-order valence-corrected chi connectivity index (χ3v) is 6.19. The summed E-state index contributed by atoms with van der Waals surface area (Å²) in [6.07, 6.45) is 7.45. The van der Waals surface area contributed by atoms with E-state index < -0.39 is 0 Å². The quantitative estimate of drug-likeness (QED) is 0.788.